The summed E-state index contributed by atoms with van der Waals surface area (Å²) in [5, 5.41) is 6.79. The summed E-state index contributed by atoms with van der Waals surface area (Å²) in [6, 6.07) is 19.2. The number of aliphatic imine (C=N–C) groups is 1. The van der Waals surface area contributed by atoms with Gasteiger partial charge in [0.2, 0.25) is 0 Å². The minimum absolute atomic E-state index is 0. The van der Waals surface area contributed by atoms with Crippen molar-refractivity contribution in [2.75, 3.05) is 13.1 Å². The Kier molecular flexibility index (Phi) is 9.70. The van der Waals surface area contributed by atoms with Crippen molar-refractivity contribution in [1.82, 2.24) is 20.2 Å². The van der Waals surface area contributed by atoms with Crippen molar-refractivity contribution in [2.24, 2.45) is 4.99 Å². The molecule has 3 aromatic rings. The third kappa shape index (κ3) is 7.53. The van der Waals surface area contributed by atoms with Crippen LogP contribution in [0.25, 0.3) is 0 Å². The van der Waals surface area contributed by atoms with Crippen LogP contribution >= 0.6 is 24.0 Å². The van der Waals surface area contributed by atoms with Crippen LogP contribution in [0.3, 0.4) is 0 Å². The molecule has 154 valence electrons. The van der Waals surface area contributed by atoms with Crippen LogP contribution < -0.4 is 10.6 Å². The topological polar surface area (TPSA) is 54.2 Å². The zero-order chi connectivity index (χ0) is 19.6. The minimum atomic E-state index is 0. The van der Waals surface area contributed by atoms with Gasteiger partial charge in [-0.2, -0.15) is 0 Å². The van der Waals surface area contributed by atoms with Gasteiger partial charge >= 0.3 is 0 Å². The van der Waals surface area contributed by atoms with E-state index in [9.17, 15) is 0 Å². The molecular weight excluding hydrogens is 473 g/mol. The highest BCUT2D eigenvalue weighted by Gasteiger charge is 2.06. The third-order valence-corrected chi connectivity index (χ3v) is 4.66. The molecule has 0 saturated carbocycles. The highest BCUT2D eigenvalue weighted by molar-refractivity contribution is 14.0. The number of rotatable bonds is 8. The van der Waals surface area contributed by atoms with Gasteiger partial charge in [-0.25, -0.2) is 9.98 Å². The van der Waals surface area contributed by atoms with Crippen LogP contribution in [0.2, 0.25) is 0 Å². The first-order chi connectivity index (χ1) is 13.7. The fraction of sp³-hybridized carbons (Fsp3) is 0.304. The lowest BCUT2D eigenvalue weighted by molar-refractivity contribution is 0.699. The summed E-state index contributed by atoms with van der Waals surface area (Å²) in [6.45, 7) is 7.49. The zero-order valence-electron chi connectivity index (χ0n) is 17.1. The normalized spacial score (nSPS) is 12.1. The Bertz CT molecular complexity index is 845. The standard InChI is InChI=1S/C23H29N5.HI/c1-3-25-23(26-15-19(2)22-7-5-4-6-8-22)27-16-20-9-11-21(12-10-20)17-28-14-13-24-18-28;/h4-14,18-19H,3,15-17H2,1-2H3,(H2,25,26,27);1H. The van der Waals surface area contributed by atoms with E-state index >= 15 is 0 Å². The Balaban J connectivity index is 0.00000300. The van der Waals surface area contributed by atoms with Gasteiger partial charge in [0.1, 0.15) is 0 Å². The van der Waals surface area contributed by atoms with Gasteiger partial charge in [-0.1, -0.05) is 61.5 Å². The fourth-order valence-electron chi connectivity index (χ4n) is 3.00. The van der Waals surface area contributed by atoms with Gasteiger partial charge < -0.3 is 15.2 Å². The fourth-order valence-corrected chi connectivity index (χ4v) is 3.00. The summed E-state index contributed by atoms with van der Waals surface area (Å²) < 4.78 is 2.06. The van der Waals surface area contributed by atoms with Gasteiger partial charge in [0, 0.05) is 32.0 Å². The molecule has 1 unspecified atom stereocenters. The van der Waals surface area contributed by atoms with Crippen LogP contribution in [0.5, 0.6) is 0 Å². The molecule has 0 aliphatic heterocycles. The van der Waals surface area contributed by atoms with Crippen LogP contribution in [0.15, 0.2) is 78.3 Å². The maximum Gasteiger partial charge on any atom is 0.191 e. The second kappa shape index (κ2) is 12.3. The Hall–Kier alpha value is -2.35. The van der Waals surface area contributed by atoms with Gasteiger partial charge in [0.05, 0.1) is 12.9 Å². The van der Waals surface area contributed by atoms with E-state index in [0.29, 0.717) is 12.5 Å². The molecule has 3 rings (SSSR count). The average Bonchev–Trinajstić information content (AvgIpc) is 3.24. The molecule has 29 heavy (non-hydrogen) atoms. The molecular formula is C23H30IN5. The van der Waals surface area contributed by atoms with Crippen LogP contribution in [-0.2, 0) is 13.1 Å². The Morgan fingerprint density at radius 2 is 1.76 bits per heavy atom. The molecule has 0 aliphatic rings. The minimum Gasteiger partial charge on any atom is -0.357 e. The Morgan fingerprint density at radius 1 is 1.03 bits per heavy atom. The molecule has 1 aromatic heterocycles. The third-order valence-electron chi connectivity index (χ3n) is 4.66. The van der Waals surface area contributed by atoms with Crippen molar-refractivity contribution in [3.8, 4) is 0 Å². The van der Waals surface area contributed by atoms with Crippen LogP contribution in [0.1, 0.15) is 36.5 Å². The largest absolute Gasteiger partial charge is 0.357 e. The second-order valence-corrected chi connectivity index (χ2v) is 6.94. The van der Waals surface area contributed by atoms with E-state index in [2.05, 4.69) is 88.6 Å². The summed E-state index contributed by atoms with van der Waals surface area (Å²) in [5.74, 6) is 1.28. The lowest BCUT2D eigenvalue weighted by atomic mass is 10.0. The summed E-state index contributed by atoms with van der Waals surface area (Å²) in [7, 11) is 0. The van der Waals surface area contributed by atoms with E-state index in [4.69, 9.17) is 4.99 Å². The Labute approximate surface area is 190 Å². The lowest BCUT2D eigenvalue weighted by Gasteiger charge is -2.16. The number of guanidine groups is 1. The molecule has 2 N–H and O–H groups in total. The number of imidazole rings is 1. The summed E-state index contributed by atoms with van der Waals surface area (Å²) in [6.07, 6.45) is 5.61. The first kappa shape index (κ1) is 22.9. The van der Waals surface area contributed by atoms with Crippen LogP contribution in [-0.4, -0.2) is 28.6 Å². The summed E-state index contributed by atoms with van der Waals surface area (Å²) >= 11 is 0. The molecule has 1 heterocycles. The molecule has 0 saturated heterocycles. The predicted octanol–water partition coefficient (Wildman–Crippen LogP) is 4.41. The molecule has 0 aliphatic carbocycles. The smallest absolute Gasteiger partial charge is 0.191 e. The van der Waals surface area contributed by atoms with E-state index in [1.165, 1.54) is 16.7 Å². The number of nitrogens with zero attached hydrogens (tertiary/aromatic N) is 3. The van der Waals surface area contributed by atoms with Gasteiger partial charge in [0.25, 0.3) is 0 Å². The molecule has 0 bridgehead atoms. The summed E-state index contributed by atoms with van der Waals surface area (Å²) in [5.41, 5.74) is 3.79. The van der Waals surface area contributed by atoms with Gasteiger partial charge in [0.15, 0.2) is 5.96 Å². The predicted molar refractivity (Wildman–Crippen MR) is 131 cm³/mol. The van der Waals surface area contributed by atoms with Crippen LogP contribution in [0, 0.1) is 0 Å². The maximum atomic E-state index is 4.73. The number of hydrogen-bond donors (Lipinski definition) is 2. The van der Waals surface area contributed by atoms with Crippen molar-refractivity contribution >= 4 is 29.9 Å². The Morgan fingerprint density at radius 3 is 2.41 bits per heavy atom. The van der Waals surface area contributed by atoms with Gasteiger partial charge in [-0.3, -0.25) is 0 Å². The molecule has 1 atom stereocenters. The number of aromatic nitrogens is 2. The van der Waals surface area contributed by atoms with Crippen molar-refractivity contribution in [3.05, 3.63) is 90.0 Å². The van der Waals surface area contributed by atoms with E-state index in [1.54, 1.807) is 6.20 Å². The maximum absolute atomic E-state index is 4.73. The van der Waals surface area contributed by atoms with E-state index < -0.39 is 0 Å². The van der Waals surface area contributed by atoms with Crippen molar-refractivity contribution < 1.29 is 0 Å². The number of hydrogen-bond acceptors (Lipinski definition) is 2. The highest BCUT2D eigenvalue weighted by atomic mass is 127. The van der Waals surface area contributed by atoms with Crippen LogP contribution in [0.4, 0.5) is 0 Å². The molecule has 0 radical (unpaired) electrons. The second-order valence-electron chi connectivity index (χ2n) is 6.94. The molecule has 0 fully saturated rings. The number of nitrogens with one attached hydrogen (secondary N) is 2. The molecule has 0 spiro atoms. The first-order valence-corrected chi connectivity index (χ1v) is 9.85. The van der Waals surface area contributed by atoms with Crippen molar-refractivity contribution in [1.29, 1.82) is 0 Å². The monoisotopic (exact) mass is 503 g/mol. The van der Waals surface area contributed by atoms with E-state index in [1.807, 2.05) is 12.5 Å². The molecule has 6 heteroatoms. The SMILES string of the molecule is CCNC(=NCc1ccc(Cn2ccnc2)cc1)NCC(C)c1ccccc1.I. The highest BCUT2D eigenvalue weighted by Crippen LogP contribution is 2.13. The van der Waals surface area contributed by atoms with Gasteiger partial charge in [-0.15, -0.1) is 24.0 Å². The lowest BCUT2D eigenvalue weighted by Crippen LogP contribution is -2.39. The van der Waals surface area contributed by atoms with Gasteiger partial charge in [-0.05, 0) is 29.5 Å². The quantitative estimate of drug-likeness (QED) is 0.272. The van der Waals surface area contributed by atoms with E-state index in [0.717, 1.165) is 25.6 Å². The van der Waals surface area contributed by atoms with E-state index in [-0.39, 0.29) is 24.0 Å². The van der Waals surface area contributed by atoms with Crippen molar-refractivity contribution in [3.63, 3.8) is 0 Å². The zero-order valence-corrected chi connectivity index (χ0v) is 19.4. The molecule has 5 nitrogen and oxygen atoms in total. The van der Waals surface area contributed by atoms with Crippen molar-refractivity contribution in [2.45, 2.75) is 32.9 Å². The average molecular weight is 503 g/mol. The first-order valence-electron chi connectivity index (χ1n) is 9.85. The number of benzene rings is 2. The molecule has 0 amide bonds. The number of halogens is 1. The summed E-state index contributed by atoms with van der Waals surface area (Å²) in [4.78, 5) is 8.82. The molecule has 2 aromatic carbocycles.